The summed E-state index contributed by atoms with van der Waals surface area (Å²) >= 11 is 7.66. The number of aryl methyl sites for hydroxylation is 1. The molecule has 0 aliphatic carbocycles. The van der Waals surface area contributed by atoms with Gasteiger partial charge in [0, 0.05) is 29.9 Å². The van der Waals surface area contributed by atoms with E-state index in [-0.39, 0.29) is 5.91 Å². The molecule has 0 aliphatic heterocycles. The summed E-state index contributed by atoms with van der Waals surface area (Å²) in [5.41, 5.74) is 3.39. The first-order valence-electron chi connectivity index (χ1n) is 7.69. The molecular weight excluding hydrogens is 342 g/mol. The number of benzene rings is 2. The van der Waals surface area contributed by atoms with Gasteiger partial charge in [-0.1, -0.05) is 41.4 Å². The second-order valence-corrected chi connectivity index (χ2v) is 7.11. The second-order valence-electron chi connectivity index (χ2n) is 5.68. The van der Waals surface area contributed by atoms with E-state index in [0.717, 1.165) is 17.1 Å². The maximum absolute atomic E-state index is 12.3. The number of nitrogens with zero attached hydrogens (tertiary/aromatic N) is 1. The van der Waals surface area contributed by atoms with Crippen LogP contribution in [0.3, 0.4) is 0 Å². The van der Waals surface area contributed by atoms with Gasteiger partial charge in [0.25, 0.3) is 0 Å². The third-order valence-electron chi connectivity index (χ3n) is 3.69. The van der Waals surface area contributed by atoms with Crippen LogP contribution in [0.5, 0.6) is 5.75 Å². The van der Waals surface area contributed by atoms with Crippen LogP contribution in [-0.4, -0.2) is 30.7 Å². The topological polar surface area (TPSA) is 29.5 Å². The molecule has 3 nitrogen and oxygen atoms in total. The molecule has 1 amide bonds. The molecule has 0 atom stereocenters. The van der Waals surface area contributed by atoms with Crippen LogP contribution in [0.1, 0.15) is 16.7 Å². The Kier molecular flexibility index (Phi) is 7.00. The number of amides is 1. The van der Waals surface area contributed by atoms with Gasteiger partial charge in [-0.15, -0.1) is 11.8 Å². The van der Waals surface area contributed by atoms with Gasteiger partial charge in [0.15, 0.2) is 0 Å². The van der Waals surface area contributed by atoms with E-state index in [1.165, 1.54) is 11.1 Å². The highest BCUT2D eigenvalue weighted by Gasteiger charge is 2.12. The van der Waals surface area contributed by atoms with Gasteiger partial charge >= 0.3 is 0 Å². The standard InChI is InChI=1S/C19H22ClNO2S/c1-14-4-6-15(7-5-14)12-24-13-19(22)21(2)11-16-10-17(20)8-9-18(16)23-3/h4-10H,11-13H2,1-3H3. The van der Waals surface area contributed by atoms with Gasteiger partial charge in [-0.2, -0.15) is 0 Å². The Labute approximate surface area is 153 Å². The molecule has 0 spiro atoms. The normalized spacial score (nSPS) is 10.5. The highest BCUT2D eigenvalue weighted by molar-refractivity contribution is 7.99. The van der Waals surface area contributed by atoms with E-state index in [0.29, 0.717) is 17.3 Å². The Bertz CT molecular complexity index is 688. The van der Waals surface area contributed by atoms with E-state index < -0.39 is 0 Å². The van der Waals surface area contributed by atoms with Crippen LogP contribution < -0.4 is 4.74 Å². The van der Waals surface area contributed by atoms with Gasteiger partial charge in [-0.3, -0.25) is 4.79 Å². The zero-order chi connectivity index (χ0) is 17.5. The SMILES string of the molecule is COc1ccc(Cl)cc1CN(C)C(=O)CSCc1ccc(C)cc1. The fourth-order valence-corrected chi connectivity index (χ4v) is 3.39. The monoisotopic (exact) mass is 363 g/mol. The molecule has 0 saturated heterocycles. The lowest BCUT2D eigenvalue weighted by atomic mass is 10.2. The molecule has 0 aromatic heterocycles. The molecule has 0 bridgehead atoms. The lowest BCUT2D eigenvalue weighted by Gasteiger charge is -2.19. The molecule has 0 heterocycles. The van der Waals surface area contributed by atoms with Crippen LogP contribution in [0.15, 0.2) is 42.5 Å². The van der Waals surface area contributed by atoms with Crippen molar-refractivity contribution in [2.24, 2.45) is 0 Å². The average molecular weight is 364 g/mol. The van der Waals surface area contributed by atoms with Crippen molar-refractivity contribution in [2.75, 3.05) is 19.9 Å². The largest absolute Gasteiger partial charge is 0.496 e. The van der Waals surface area contributed by atoms with Crippen molar-refractivity contribution >= 4 is 29.3 Å². The molecule has 2 rings (SSSR count). The molecule has 128 valence electrons. The van der Waals surface area contributed by atoms with E-state index in [4.69, 9.17) is 16.3 Å². The van der Waals surface area contributed by atoms with Crippen LogP contribution in [0, 0.1) is 6.92 Å². The van der Waals surface area contributed by atoms with Crippen molar-refractivity contribution < 1.29 is 9.53 Å². The fourth-order valence-electron chi connectivity index (χ4n) is 2.27. The first-order chi connectivity index (χ1) is 11.5. The van der Waals surface area contributed by atoms with Gasteiger partial charge in [-0.05, 0) is 30.7 Å². The molecule has 2 aromatic rings. The van der Waals surface area contributed by atoms with Gasteiger partial charge in [0.2, 0.25) is 5.91 Å². The number of methoxy groups -OCH3 is 1. The molecule has 24 heavy (non-hydrogen) atoms. The Balaban J connectivity index is 1.86. The number of hydrogen-bond donors (Lipinski definition) is 0. The van der Waals surface area contributed by atoms with Crippen molar-refractivity contribution in [3.05, 3.63) is 64.2 Å². The summed E-state index contributed by atoms with van der Waals surface area (Å²) < 4.78 is 5.33. The smallest absolute Gasteiger partial charge is 0.232 e. The fraction of sp³-hybridized carbons (Fsp3) is 0.316. The van der Waals surface area contributed by atoms with Gasteiger partial charge in [-0.25, -0.2) is 0 Å². The Morgan fingerprint density at radius 2 is 1.92 bits per heavy atom. The number of ether oxygens (including phenoxy) is 1. The minimum atomic E-state index is 0.0918. The molecule has 0 unspecified atom stereocenters. The van der Waals surface area contributed by atoms with Crippen LogP contribution in [0.25, 0.3) is 0 Å². The van der Waals surface area contributed by atoms with E-state index in [1.807, 2.05) is 12.1 Å². The maximum atomic E-state index is 12.3. The predicted octanol–water partition coefficient (Wildman–Crippen LogP) is 4.55. The number of carbonyl (C=O) groups is 1. The Hall–Kier alpha value is -1.65. The van der Waals surface area contributed by atoms with Gasteiger partial charge in [0.05, 0.1) is 12.9 Å². The molecule has 0 radical (unpaired) electrons. The molecule has 0 N–H and O–H groups in total. The number of carbonyl (C=O) groups excluding carboxylic acids is 1. The van der Waals surface area contributed by atoms with Crippen LogP contribution in [0.2, 0.25) is 5.02 Å². The highest BCUT2D eigenvalue weighted by Crippen LogP contribution is 2.24. The van der Waals surface area contributed by atoms with Crippen molar-refractivity contribution in [1.29, 1.82) is 0 Å². The van der Waals surface area contributed by atoms with Crippen LogP contribution in [-0.2, 0) is 17.1 Å². The van der Waals surface area contributed by atoms with E-state index >= 15 is 0 Å². The van der Waals surface area contributed by atoms with Crippen molar-refractivity contribution in [2.45, 2.75) is 19.2 Å². The van der Waals surface area contributed by atoms with E-state index in [9.17, 15) is 4.79 Å². The molecule has 0 aliphatic rings. The number of rotatable bonds is 7. The van der Waals surface area contributed by atoms with Crippen molar-refractivity contribution in [3.63, 3.8) is 0 Å². The molecule has 0 fully saturated rings. The molecular formula is C19H22ClNO2S. The average Bonchev–Trinajstić information content (AvgIpc) is 2.56. The Morgan fingerprint density at radius 1 is 1.21 bits per heavy atom. The number of thioether (sulfide) groups is 1. The molecule has 2 aromatic carbocycles. The summed E-state index contributed by atoms with van der Waals surface area (Å²) in [7, 11) is 3.42. The number of hydrogen-bond acceptors (Lipinski definition) is 3. The third-order valence-corrected chi connectivity index (χ3v) is 4.91. The second kappa shape index (κ2) is 9.00. The van der Waals surface area contributed by atoms with Crippen molar-refractivity contribution in [1.82, 2.24) is 4.90 Å². The van der Waals surface area contributed by atoms with E-state index in [1.54, 1.807) is 36.9 Å². The molecule has 5 heteroatoms. The summed E-state index contributed by atoms with van der Waals surface area (Å²) in [6.45, 7) is 2.55. The summed E-state index contributed by atoms with van der Waals surface area (Å²) in [5.74, 6) is 2.12. The lowest BCUT2D eigenvalue weighted by molar-refractivity contribution is -0.127. The van der Waals surface area contributed by atoms with Crippen LogP contribution >= 0.6 is 23.4 Å². The lowest BCUT2D eigenvalue weighted by Crippen LogP contribution is -2.28. The summed E-state index contributed by atoms with van der Waals surface area (Å²) in [6, 6.07) is 13.8. The minimum Gasteiger partial charge on any atom is -0.496 e. The molecule has 0 saturated carbocycles. The first kappa shape index (κ1) is 18.7. The van der Waals surface area contributed by atoms with E-state index in [2.05, 4.69) is 31.2 Å². The van der Waals surface area contributed by atoms with Gasteiger partial charge < -0.3 is 9.64 Å². The zero-order valence-electron chi connectivity index (χ0n) is 14.2. The quantitative estimate of drug-likeness (QED) is 0.722. The van der Waals surface area contributed by atoms with Gasteiger partial charge in [0.1, 0.15) is 5.75 Å². The predicted molar refractivity (Wildman–Crippen MR) is 102 cm³/mol. The Morgan fingerprint density at radius 3 is 2.58 bits per heavy atom. The van der Waals surface area contributed by atoms with Crippen molar-refractivity contribution in [3.8, 4) is 5.75 Å². The van der Waals surface area contributed by atoms with Crippen LogP contribution in [0.4, 0.5) is 0 Å². The maximum Gasteiger partial charge on any atom is 0.232 e. The zero-order valence-corrected chi connectivity index (χ0v) is 15.8. The summed E-state index contributed by atoms with van der Waals surface area (Å²) in [5, 5.41) is 0.639. The highest BCUT2D eigenvalue weighted by atomic mass is 35.5. The minimum absolute atomic E-state index is 0.0918. The number of halogens is 1. The first-order valence-corrected chi connectivity index (χ1v) is 9.22. The summed E-state index contributed by atoms with van der Waals surface area (Å²) in [6.07, 6.45) is 0. The third kappa shape index (κ3) is 5.46. The summed E-state index contributed by atoms with van der Waals surface area (Å²) in [4.78, 5) is 14.0.